The van der Waals surface area contributed by atoms with Gasteiger partial charge in [-0.05, 0) is 18.2 Å². The second-order valence-corrected chi connectivity index (χ2v) is 4.83. The molecule has 1 atom stereocenters. The Morgan fingerprint density at radius 2 is 2.21 bits per heavy atom. The van der Waals surface area contributed by atoms with E-state index in [-0.39, 0.29) is 5.41 Å². The topological polar surface area (TPSA) is 55.6 Å². The van der Waals surface area contributed by atoms with Crippen molar-refractivity contribution < 1.29 is 0 Å². The quantitative estimate of drug-likeness (QED) is 0.709. The maximum Gasteiger partial charge on any atom is 0.180 e. The van der Waals surface area contributed by atoms with Crippen LogP contribution in [0.2, 0.25) is 0 Å². The van der Waals surface area contributed by atoms with E-state index in [0.29, 0.717) is 6.04 Å². The Morgan fingerprint density at radius 1 is 1.43 bits per heavy atom. The molecule has 0 spiro atoms. The predicted octanol–water partition coefficient (Wildman–Crippen LogP) is 0.505. The van der Waals surface area contributed by atoms with Gasteiger partial charge in [0.25, 0.3) is 0 Å². The highest BCUT2D eigenvalue weighted by atomic mass is 15.6. The molecule has 0 saturated carbocycles. The fraction of sp³-hybridized carbons (Fsp3) is 0.889. The SMILES string of the molecule is CC(C)(C)c1nnn(C2CCNC2)n1. The fourth-order valence-corrected chi connectivity index (χ4v) is 1.52. The second-order valence-electron chi connectivity index (χ2n) is 4.83. The van der Waals surface area contributed by atoms with E-state index in [1.54, 1.807) is 4.80 Å². The van der Waals surface area contributed by atoms with Crippen LogP contribution < -0.4 is 5.32 Å². The zero-order chi connectivity index (χ0) is 10.2. The van der Waals surface area contributed by atoms with Crippen LogP contribution in [0.15, 0.2) is 0 Å². The third kappa shape index (κ3) is 1.77. The molecule has 0 aromatic carbocycles. The molecule has 5 heteroatoms. The standard InChI is InChI=1S/C9H17N5/c1-9(2,3)8-11-13-14(12-8)7-4-5-10-6-7/h7,10H,4-6H2,1-3H3. The van der Waals surface area contributed by atoms with Crippen molar-refractivity contribution in [3.8, 4) is 0 Å². The van der Waals surface area contributed by atoms with Crippen molar-refractivity contribution in [1.29, 1.82) is 0 Å². The molecule has 1 aromatic rings. The van der Waals surface area contributed by atoms with Gasteiger partial charge >= 0.3 is 0 Å². The first-order valence-corrected chi connectivity index (χ1v) is 5.08. The summed E-state index contributed by atoms with van der Waals surface area (Å²) in [6.07, 6.45) is 1.10. The lowest BCUT2D eigenvalue weighted by molar-refractivity contribution is 0.418. The van der Waals surface area contributed by atoms with Gasteiger partial charge in [0, 0.05) is 12.0 Å². The molecule has 1 N–H and O–H groups in total. The average Bonchev–Trinajstić information content (AvgIpc) is 2.73. The van der Waals surface area contributed by atoms with Gasteiger partial charge in [-0.15, -0.1) is 10.2 Å². The van der Waals surface area contributed by atoms with E-state index in [4.69, 9.17) is 0 Å². The number of aromatic nitrogens is 4. The molecule has 2 rings (SSSR count). The molecule has 14 heavy (non-hydrogen) atoms. The highest BCUT2D eigenvalue weighted by Gasteiger charge is 2.23. The summed E-state index contributed by atoms with van der Waals surface area (Å²) in [6.45, 7) is 8.31. The van der Waals surface area contributed by atoms with E-state index < -0.39 is 0 Å². The zero-order valence-corrected chi connectivity index (χ0v) is 8.99. The molecule has 1 fully saturated rings. The Labute approximate surface area is 83.9 Å². The van der Waals surface area contributed by atoms with Crippen LogP contribution in [0.3, 0.4) is 0 Å². The van der Waals surface area contributed by atoms with Crippen LogP contribution in [0.4, 0.5) is 0 Å². The summed E-state index contributed by atoms with van der Waals surface area (Å²) in [4.78, 5) is 1.75. The van der Waals surface area contributed by atoms with E-state index in [2.05, 4.69) is 41.5 Å². The van der Waals surface area contributed by atoms with Gasteiger partial charge in [-0.1, -0.05) is 20.8 Å². The Morgan fingerprint density at radius 3 is 2.71 bits per heavy atom. The van der Waals surface area contributed by atoms with E-state index in [1.807, 2.05) is 0 Å². The Kier molecular flexibility index (Phi) is 2.26. The minimum Gasteiger partial charge on any atom is -0.314 e. The summed E-state index contributed by atoms with van der Waals surface area (Å²) in [5, 5.41) is 15.9. The van der Waals surface area contributed by atoms with Crippen LogP contribution >= 0.6 is 0 Å². The first kappa shape index (κ1) is 9.58. The minimum atomic E-state index is -0.00964. The molecule has 1 aromatic heterocycles. The molecule has 1 unspecified atom stereocenters. The molecular formula is C9H17N5. The molecule has 1 aliphatic rings. The van der Waals surface area contributed by atoms with Crippen LogP contribution in [0.1, 0.15) is 39.1 Å². The molecule has 0 amide bonds. The van der Waals surface area contributed by atoms with Crippen molar-refractivity contribution in [2.45, 2.75) is 38.6 Å². The van der Waals surface area contributed by atoms with Gasteiger partial charge in [0.15, 0.2) is 5.82 Å². The summed E-state index contributed by atoms with van der Waals surface area (Å²) in [6, 6.07) is 0.388. The largest absolute Gasteiger partial charge is 0.314 e. The summed E-state index contributed by atoms with van der Waals surface area (Å²) in [5.41, 5.74) is -0.00964. The highest BCUT2D eigenvalue weighted by Crippen LogP contribution is 2.18. The van der Waals surface area contributed by atoms with Gasteiger partial charge in [-0.25, -0.2) is 0 Å². The summed E-state index contributed by atoms with van der Waals surface area (Å²) >= 11 is 0. The third-order valence-corrected chi connectivity index (χ3v) is 2.46. The van der Waals surface area contributed by atoms with Crippen molar-refractivity contribution in [3.05, 3.63) is 5.82 Å². The van der Waals surface area contributed by atoms with Crippen molar-refractivity contribution in [2.75, 3.05) is 13.1 Å². The monoisotopic (exact) mass is 195 g/mol. The zero-order valence-electron chi connectivity index (χ0n) is 8.99. The van der Waals surface area contributed by atoms with E-state index in [9.17, 15) is 0 Å². The van der Waals surface area contributed by atoms with Crippen LogP contribution in [0.25, 0.3) is 0 Å². The summed E-state index contributed by atoms with van der Waals surface area (Å²) < 4.78 is 0. The van der Waals surface area contributed by atoms with Crippen LogP contribution in [-0.4, -0.2) is 33.3 Å². The lowest BCUT2D eigenvalue weighted by Crippen LogP contribution is -2.18. The molecule has 1 saturated heterocycles. The van der Waals surface area contributed by atoms with Crippen LogP contribution in [0.5, 0.6) is 0 Å². The van der Waals surface area contributed by atoms with Crippen LogP contribution in [0, 0.1) is 0 Å². The second kappa shape index (κ2) is 3.31. The van der Waals surface area contributed by atoms with Gasteiger partial charge in [0.05, 0.1) is 6.04 Å². The molecule has 0 aliphatic carbocycles. The number of hydrogen-bond acceptors (Lipinski definition) is 4. The van der Waals surface area contributed by atoms with Crippen molar-refractivity contribution in [1.82, 2.24) is 25.5 Å². The van der Waals surface area contributed by atoms with E-state index >= 15 is 0 Å². The van der Waals surface area contributed by atoms with Crippen molar-refractivity contribution >= 4 is 0 Å². The van der Waals surface area contributed by atoms with E-state index in [1.165, 1.54) is 0 Å². The Bertz CT molecular complexity index is 305. The van der Waals surface area contributed by atoms with Gasteiger partial charge in [0.2, 0.25) is 0 Å². The predicted molar refractivity (Wildman–Crippen MR) is 53.0 cm³/mol. The lowest BCUT2D eigenvalue weighted by atomic mass is 9.96. The maximum atomic E-state index is 4.42. The highest BCUT2D eigenvalue weighted by molar-refractivity contribution is 4.96. The summed E-state index contributed by atoms with van der Waals surface area (Å²) in [5.74, 6) is 0.824. The molecule has 0 bridgehead atoms. The van der Waals surface area contributed by atoms with Gasteiger partial charge in [0.1, 0.15) is 0 Å². The average molecular weight is 195 g/mol. The third-order valence-electron chi connectivity index (χ3n) is 2.46. The summed E-state index contributed by atoms with van der Waals surface area (Å²) in [7, 11) is 0. The molecule has 1 aliphatic heterocycles. The first-order valence-electron chi connectivity index (χ1n) is 5.08. The molecule has 78 valence electrons. The number of nitrogens with zero attached hydrogens (tertiary/aromatic N) is 4. The molecule has 2 heterocycles. The van der Waals surface area contributed by atoms with Crippen molar-refractivity contribution in [2.24, 2.45) is 0 Å². The number of hydrogen-bond donors (Lipinski definition) is 1. The molecule has 5 nitrogen and oxygen atoms in total. The Hall–Kier alpha value is -0.970. The van der Waals surface area contributed by atoms with Crippen molar-refractivity contribution in [3.63, 3.8) is 0 Å². The van der Waals surface area contributed by atoms with Gasteiger partial charge in [-0.2, -0.15) is 4.80 Å². The Balaban J connectivity index is 2.17. The molecule has 0 radical (unpaired) electrons. The number of nitrogens with one attached hydrogen (secondary N) is 1. The van der Waals surface area contributed by atoms with Gasteiger partial charge < -0.3 is 5.32 Å². The first-order chi connectivity index (χ1) is 6.57. The van der Waals surface area contributed by atoms with E-state index in [0.717, 1.165) is 25.3 Å². The fourth-order valence-electron chi connectivity index (χ4n) is 1.52. The minimum absolute atomic E-state index is 0.00964. The number of tetrazole rings is 1. The smallest absolute Gasteiger partial charge is 0.180 e. The van der Waals surface area contributed by atoms with Crippen LogP contribution in [-0.2, 0) is 5.41 Å². The normalized spacial score (nSPS) is 22.9. The number of rotatable bonds is 1. The maximum absolute atomic E-state index is 4.42. The molecular weight excluding hydrogens is 178 g/mol. The lowest BCUT2D eigenvalue weighted by Gasteiger charge is -2.11. The van der Waals surface area contributed by atoms with Gasteiger partial charge in [-0.3, -0.25) is 0 Å².